The average Bonchev–Trinajstić information content (AvgIpc) is 3.18. The molecule has 1 aliphatic rings. The molecular weight excluding hydrogens is 356 g/mol. The number of piperidine rings is 1. The summed E-state index contributed by atoms with van der Waals surface area (Å²) in [6, 6.07) is 13.0. The van der Waals surface area contributed by atoms with Crippen LogP contribution in [0.3, 0.4) is 0 Å². The normalized spacial score (nSPS) is 20.1. The third-order valence-electron chi connectivity index (χ3n) is 4.50. The second kappa shape index (κ2) is 7.68. The molecule has 0 spiro atoms. The van der Waals surface area contributed by atoms with E-state index < -0.39 is 10.0 Å². The number of sulfonamides is 1. The van der Waals surface area contributed by atoms with Gasteiger partial charge in [0.1, 0.15) is 4.21 Å². The zero-order valence-electron chi connectivity index (χ0n) is 14.1. The third kappa shape index (κ3) is 4.11. The summed E-state index contributed by atoms with van der Waals surface area (Å²) in [6.07, 6.45) is 1.41. The fourth-order valence-corrected chi connectivity index (χ4v) is 5.74. The lowest BCUT2D eigenvalue weighted by atomic mass is 9.98. The highest BCUT2D eigenvalue weighted by Gasteiger charge is 2.34. The first-order valence-electron chi connectivity index (χ1n) is 8.37. The van der Waals surface area contributed by atoms with Crippen LogP contribution in [-0.4, -0.2) is 31.7 Å². The van der Waals surface area contributed by atoms with Gasteiger partial charge >= 0.3 is 0 Å². The molecular formula is C18H22N2O3S2. The fourth-order valence-electron chi connectivity index (χ4n) is 3.07. The molecule has 2 aromatic rings. The van der Waals surface area contributed by atoms with Crippen LogP contribution in [0.2, 0.25) is 0 Å². The second-order valence-corrected chi connectivity index (χ2v) is 9.39. The number of benzene rings is 1. The minimum Gasteiger partial charge on any atom is -0.349 e. The smallest absolute Gasteiger partial charge is 0.252 e. The second-order valence-electron chi connectivity index (χ2n) is 6.28. The first-order valence-corrected chi connectivity index (χ1v) is 10.7. The highest BCUT2D eigenvalue weighted by atomic mass is 32.2. The Bertz CT molecular complexity index is 804. The van der Waals surface area contributed by atoms with E-state index >= 15 is 0 Å². The van der Waals surface area contributed by atoms with Gasteiger partial charge in [0.25, 0.3) is 10.0 Å². The molecule has 0 bridgehead atoms. The van der Waals surface area contributed by atoms with Crippen molar-refractivity contribution in [3.8, 4) is 0 Å². The van der Waals surface area contributed by atoms with Gasteiger partial charge in [-0.25, -0.2) is 8.42 Å². The summed E-state index contributed by atoms with van der Waals surface area (Å²) >= 11 is 1.21. The summed E-state index contributed by atoms with van der Waals surface area (Å²) in [5.74, 6) is -0.392. The summed E-state index contributed by atoms with van der Waals surface area (Å²) in [7, 11) is -3.49. The summed E-state index contributed by atoms with van der Waals surface area (Å²) in [4.78, 5) is 12.6. The molecule has 1 N–H and O–H groups in total. The van der Waals surface area contributed by atoms with Crippen molar-refractivity contribution < 1.29 is 13.2 Å². The van der Waals surface area contributed by atoms with Gasteiger partial charge in [0.05, 0.1) is 12.0 Å². The lowest BCUT2D eigenvalue weighted by Gasteiger charge is -2.31. The first kappa shape index (κ1) is 18.1. The molecule has 1 aromatic heterocycles. The van der Waals surface area contributed by atoms with Gasteiger partial charge in [0, 0.05) is 13.1 Å². The Hall–Kier alpha value is -1.70. The molecule has 1 aliphatic heterocycles. The van der Waals surface area contributed by atoms with Crippen LogP contribution in [0.5, 0.6) is 0 Å². The Labute approximate surface area is 152 Å². The largest absolute Gasteiger partial charge is 0.349 e. The molecule has 134 valence electrons. The van der Waals surface area contributed by atoms with Crippen molar-refractivity contribution in [2.45, 2.75) is 30.0 Å². The van der Waals surface area contributed by atoms with Crippen LogP contribution < -0.4 is 5.32 Å². The molecule has 1 saturated heterocycles. The number of hydrogen-bond donors (Lipinski definition) is 1. The number of carbonyl (C=O) groups is 1. The molecule has 0 saturated carbocycles. The molecule has 3 rings (SSSR count). The van der Waals surface area contributed by atoms with Crippen LogP contribution in [0.15, 0.2) is 52.1 Å². The van der Waals surface area contributed by atoms with Crippen molar-refractivity contribution in [2.24, 2.45) is 5.92 Å². The van der Waals surface area contributed by atoms with E-state index in [1.165, 1.54) is 15.6 Å². The molecule has 0 aliphatic carbocycles. The van der Waals surface area contributed by atoms with Gasteiger partial charge in [-0.3, -0.25) is 4.79 Å². The van der Waals surface area contributed by atoms with Gasteiger partial charge in [-0.2, -0.15) is 4.31 Å². The van der Waals surface area contributed by atoms with Gasteiger partial charge in [0.15, 0.2) is 0 Å². The van der Waals surface area contributed by atoms with E-state index in [4.69, 9.17) is 0 Å². The van der Waals surface area contributed by atoms with E-state index in [1.54, 1.807) is 17.5 Å². The van der Waals surface area contributed by atoms with E-state index in [0.717, 1.165) is 5.56 Å². The molecule has 5 nitrogen and oxygen atoms in total. The zero-order valence-corrected chi connectivity index (χ0v) is 15.7. The van der Waals surface area contributed by atoms with Crippen molar-refractivity contribution in [1.82, 2.24) is 9.62 Å². The van der Waals surface area contributed by atoms with E-state index in [-0.39, 0.29) is 24.4 Å². The Morgan fingerprint density at radius 2 is 2.00 bits per heavy atom. The Morgan fingerprint density at radius 3 is 2.68 bits per heavy atom. The van der Waals surface area contributed by atoms with Gasteiger partial charge in [-0.05, 0) is 36.8 Å². The average molecular weight is 379 g/mol. The lowest BCUT2D eigenvalue weighted by Crippen LogP contribution is -2.45. The molecule has 1 aromatic carbocycles. The summed E-state index contributed by atoms with van der Waals surface area (Å²) in [6.45, 7) is 2.65. The molecule has 7 heteroatoms. The maximum absolute atomic E-state index is 12.7. The molecule has 1 amide bonds. The molecule has 25 heavy (non-hydrogen) atoms. The lowest BCUT2D eigenvalue weighted by molar-refractivity contribution is -0.126. The van der Waals surface area contributed by atoms with E-state index in [1.807, 2.05) is 37.3 Å². The number of carbonyl (C=O) groups excluding carboxylic acids is 1. The maximum Gasteiger partial charge on any atom is 0.252 e. The van der Waals surface area contributed by atoms with Crippen LogP contribution in [0.25, 0.3) is 0 Å². The minimum atomic E-state index is -3.49. The highest BCUT2D eigenvalue weighted by Crippen LogP contribution is 2.26. The number of thiophene rings is 1. The van der Waals surface area contributed by atoms with Crippen molar-refractivity contribution in [1.29, 1.82) is 0 Å². The number of nitrogens with zero attached hydrogens (tertiary/aromatic N) is 1. The number of rotatable bonds is 5. The summed E-state index contributed by atoms with van der Waals surface area (Å²) in [5.41, 5.74) is 1.04. The molecule has 2 atom stereocenters. The van der Waals surface area contributed by atoms with Crippen LogP contribution in [0, 0.1) is 5.92 Å². The van der Waals surface area contributed by atoms with Gasteiger partial charge in [0.2, 0.25) is 5.91 Å². The zero-order chi connectivity index (χ0) is 17.9. The number of amides is 1. The van der Waals surface area contributed by atoms with E-state index in [2.05, 4.69) is 5.32 Å². The van der Waals surface area contributed by atoms with E-state index in [9.17, 15) is 13.2 Å². The monoisotopic (exact) mass is 378 g/mol. The van der Waals surface area contributed by atoms with Gasteiger partial charge < -0.3 is 5.32 Å². The topological polar surface area (TPSA) is 66.5 Å². The fraction of sp³-hybridized carbons (Fsp3) is 0.389. The Balaban J connectivity index is 1.66. The quantitative estimate of drug-likeness (QED) is 0.870. The maximum atomic E-state index is 12.7. The van der Waals surface area contributed by atoms with Crippen molar-refractivity contribution >= 4 is 27.3 Å². The molecule has 0 radical (unpaired) electrons. The van der Waals surface area contributed by atoms with Gasteiger partial charge in [-0.15, -0.1) is 11.3 Å². The Kier molecular flexibility index (Phi) is 5.56. The highest BCUT2D eigenvalue weighted by molar-refractivity contribution is 7.91. The van der Waals surface area contributed by atoms with E-state index in [0.29, 0.717) is 23.6 Å². The van der Waals surface area contributed by atoms with Crippen molar-refractivity contribution in [3.63, 3.8) is 0 Å². The summed E-state index contributed by atoms with van der Waals surface area (Å²) < 4.78 is 27.1. The van der Waals surface area contributed by atoms with Crippen LogP contribution in [0.1, 0.15) is 31.4 Å². The standard InChI is InChI=1S/C18H22N2O3S2/c1-14(15-7-3-2-4-8-15)19-18(21)16-9-5-11-20(13-16)25(22,23)17-10-6-12-24-17/h2-4,6-8,10,12,14,16H,5,9,11,13H2,1H3,(H,19,21)/t14-,16+/m0/s1. The SMILES string of the molecule is C[C@H](NC(=O)[C@@H]1CCCN(S(=O)(=O)c2cccs2)C1)c1ccccc1. The van der Waals surface area contributed by atoms with Crippen LogP contribution in [-0.2, 0) is 14.8 Å². The third-order valence-corrected chi connectivity index (χ3v) is 7.74. The molecule has 0 unspecified atom stereocenters. The van der Waals surface area contributed by atoms with Gasteiger partial charge in [-0.1, -0.05) is 36.4 Å². The predicted octanol–water partition coefficient (Wildman–Crippen LogP) is 3.03. The molecule has 2 heterocycles. The molecule has 1 fully saturated rings. The summed E-state index contributed by atoms with van der Waals surface area (Å²) in [5, 5.41) is 4.77. The number of nitrogens with one attached hydrogen (secondary N) is 1. The minimum absolute atomic E-state index is 0.0811. The Morgan fingerprint density at radius 1 is 1.24 bits per heavy atom. The van der Waals surface area contributed by atoms with Crippen molar-refractivity contribution in [3.05, 3.63) is 53.4 Å². The predicted molar refractivity (Wildman–Crippen MR) is 98.8 cm³/mol. The number of hydrogen-bond acceptors (Lipinski definition) is 4. The van der Waals surface area contributed by atoms with Crippen molar-refractivity contribution in [2.75, 3.05) is 13.1 Å². The first-order chi connectivity index (χ1) is 12.0. The van der Waals surface area contributed by atoms with Crippen LogP contribution in [0.4, 0.5) is 0 Å². The van der Waals surface area contributed by atoms with Crippen LogP contribution >= 0.6 is 11.3 Å².